The van der Waals surface area contributed by atoms with Gasteiger partial charge in [-0.2, -0.15) is 0 Å². The Kier molecular flexibility index (Phi) is 5.04. The van der Waals surface area contributed by atoms with Crippen molar-refractivity contribution in [2.45, 2.75) is 25.7 Å². The Balaban J connectivity index is 1.75. The fourth-order valence-electron chi connectivity index (χ4n) is 3.97. The van der Waals surface area contributed by atoms with Crippen molar-refractivity contribution >= 4 is 34.8 Å². The zero-order valence-corrected chi connectivity index (χ0v) is 17.4. The average molecular weight is 418 g/mol. The maximum absolute atomic E-state index is 13.5. The molecule has 0 radical (unpaired) electrons. The minimum atomic E-state index is -1.60. The van der Waals surface area contributed by atoms with Crippen molar-refractivity contribution in [3.63, 3.8) is 0 Å². The fourth-order valence-corrected chi connectivity index (χ4v) is 4.09. The molecule has 1 aliphatic carbocycles. The third-order valence-corrected chi connectivity index (χ3v) is 6.00. The lowest BCUT2D eigenvalue weighted by atomic mass is 9.73. The van der Waals surface area contributed by atoms with Crippen molar-refractivity contribution in [2.24, 2.45) is 0 Å². The van der Waals surface area contributed by atoms with Gasteiger partial charge in [0.1, 0.15) is 5.41 Å². The van der Waals surface area contributed by atoms with E-state index in [0.717, 1.165) is 11.1 Å². The molecule has 4 nitrogen and oxygen atoms in total. The summed E-state index contributed by atoms with van der Waals surface area (Å²) >= 11 is 6.02. The van der Waals surface area contributed by atoms with Gasteiger partial charge in [-0.15, -0.1) is 0 Å². The van der Waals surface area contributed by atoms with E-state index in [1.54, 1.807) is 48.5 Å². The van der Waals surface area contributed by atoms with E-state index in [-0.39, 0.29) is 18.0 Å². The molecule has 1 amide bonds. The lowest BCUT2D eigenvalue weighted by molar-refractivity contribution is -0.116. The van der Waals surface area contributed by atoms with Crippen LogP contribution in [-0.4, -0.2) is 17.5 Å². The number of aryl methyl sites for hydroxylation is 2. The molecular formula is C25H20ClNO3. The number of halogens is 1. The molecule has 3 aromatic rings. The number of hydrogen-bond donors (Lipinski definition) is 1. The summed E-state index contributed by atoms with van der Waals surface area (Å²) in [4.78, 5) is 39.9. The number of benzene rings is 3. The molecule has 1 N–H and O–H groups in total. The number of carbonyl (C=O) groups is 3. The Labute approximate surface area is 179 Å². The van der Waals surface area contributed by atoms with Crippen molar-refractivity contribution in [3.05, 3.63) is 99.6 Å². The van der Waals surface area contributed by atoms with Crippen LogP contribution in [-0.2, 0) is 10.2 Å². The molecule has 4 rings (SSSR count). The molecule has 0 unspecified atom stereocenters. The van der Waals surface area contributed by atoms with Crippen LogP contribution in [0.5, 0.6) is 0 Å². The van der Waals surface area contributed by atoms with Crippen molar-refractivity contribution in [1.29, 1.82) is 0 Å². The fraction of sp³-hybridized carbons (Fsp3) is 0.160. The summed E-state index contributed by atoms with van der Waals surface area (Å²) in [5.74, 6) is -1.12. The lowest BCUT2D eigenvalue weighted by Crippen LogP contribution is -2.42. The van der Waals surface area contributed by atoms with Gasteiger partial charge in [-0.3, -0.25) is 14.4 Å². The summed E-state index contributed by atoms with van der Waals surface area (Å²) in [7, 11) is 0. The molecule has 0 fully saturated rings. The monoisotopic (exact) mass is 417 g/mol. The molecule has 30 heavy (non-hydrogen) atoms. The zero-order valence-electron chi connectivity index (χ0n) is 16.7. The van der Waals surface area contributed by atoms with Crippen LogP contribution in [0.15, 0.2) is 66.7 Å². The van der Waals surface area contributed by atoms with Crippen LogP contribution in [0.2, 0.25) is 5.02 Å². The van der Waals surface area contributed by atoms with Gasteiger partial charge in [0, 0.05) is 21.8 Å². The number of fused-ring (bicyclic) bond motifs is 1. The molecule has 0 saturated carbocycles. The van der Waals surface area contributed by atoms with Gasteiger partial charge in [0.05, 0.1) is 6.42 Å². The van der Waals surface area contributed by atoms with Crippen molar-refractivity contribution in [2.75, 3.05) is 5.32 Å². The number of carbonyl (C=O) groups excluding carboxylic acids is 3. The van der Waals surface area contributed by atoms with Crippen molar-refractivity contribution in [1.82, 2.24) is 0 Å². The normalized spacial score (nSPS) is 14.5. The molecule has 1 aliphatic rings. The van der Waals surface area contributed by atoms with E-state index in [4.69, 9.17) is 11.6 Å². The van der Waals surface area contributed by atoms with Gasteiger partial charge < -0.3 is 5.32 Å². The molecule has 0 heterocycles. The van der Waals surface area contributed by atoms with E-state index in [1.807, 2.05) is 32.0 Å². The van der Waals surface area contributed by atoms with Gasteiger partial charge in [-0.25, -0.2) is 0 Å². The smallest absolute Gasteiger partial charge is 0.226 e. The van der Waals surface area contributed by atoms with Crippen LogP contribution < -0.4 is 5.32 Å². The first-order valence-electron chi connectivity index (χ1n) is 9.65. The molecule has 0 spiro atoms. The second kappa shape index (κ2) is 7.54. The first-order valence-corrected chi connectivity index (χ1v) is 10.0. The molecule has 150 valence electrons. The number of hydrogen-bond acceptors (Lipinski definition) is 3. The van der Waals surface area contributed by atoms with E-state index in [2.05, 4.69) is 5.32 Å². The van der Waals surface area contributed by atoms with E-state index < -0.39 is 11.3 Å². The zero-order chi connectivity index (χ0) is 21.5. The summed E-state index contributed by atoms with van der Waals surface area (Å²) in [6.45, 7) is 3.95. The average Bonchev–Trinajstić information content (AvgIpc) is 2.94. The molecule has 0 atom stereocenters. The number of rotatable bonds is 4. The molecule has 0 bridgehead atoms. The summed E-state index contributed by atoms with van der Waals surface area (Å²) in [6, 6.07) is 18.9. The number of anilines is 1. The van der Waals surface area contributed by atoms with Crippen LogP contribution in [0.3, 0.4) is 0 Å². The summed E-state index contributed by atoms with van der Waals surface area (Å²) < 4.78 is 0. The predicted molar refractivity (Wildman–Crippen MR) is 117 cm³/mol. The minimum Gasteiger partial charge on any atom is -0.326 e. The summed E-state index contributed by atoms with van der Waals surface area (Å²) in [5, 5.41) is 3.33. The van der Waals surface area contributed by atoms with Crippen LogP contribution in [0.25, 0.3) is 0 Å². The topological polar surface area (TPSA) is 63.2 Å². The van der Waals surface area contributed by atoms with Gasteiger partial charge in [-0.05, 0) is 54.8 Å². The van der Waals surface area contributed by atoms with Gasteiger partial charge >= 0.3 is 0 Å². The Hall–Kier alpha value is -3.24. The molecule has 0 aliphatic heterocycles. The molecule has 5 heteroatoms. The Bertz CT molecular complexity index is 1150. The Morgan fingerprint density at radius 2 is 1.47 bits per heavy atom. The van der Waals surface area contributed by atoms with Gasteiger partial charge in [0.2, 0.25) is 5.91 Å². The van der Waals surface area contributed by atoms with Crippen LogP contribution in [0.1, 0.15) is 43.8 Å². The lowest BCUT2D eigenvalue weighted by Gasteiger charge is -2.26. The van der Waals surface area contributed by atoms with Gasteiger partial charge in [0.25, 0.3) is 0 Å². The Morgan fingerprint density at radius 3 is 2.03 bits per heavy atom. The maximum Gasteiger partial charge on any atom is 0.226 e. The highest BCUT2D eigenvalue weighted by Crippen LogP contribution is 2.42. The summed E-state index contributed by atoms with van der Waals surface area (Å²) in [5.41, 5.74) is 2.34. The minimum absolute atomic E-state index is 0.284. The van der Waals surface area contributed by atoms with E-state index in [0.29, 0.717) is 27.4 Å². The first kappa shape index (κ1) is 20.0. The van der Waals surface area contributed by atoms with E-state index in [9.17, 15) is 14.4 Å². The quantitative estimate of drug-likeness (QED) is 0.585. The number of nitrogens with one attached hydrogen (secondary N) is 1. The van der Waals surface area contributed by atoms with Crippen LogP contribution in [0, 0.1) is 13.8 Å². The molecule has 0 aromatic heterocycles. The van der Waals surface area contributed by atoms with Crippen molar-refractivity contribution in [3.8, 4) is 0 Å². The van der Waals surface area contributed by atoms with Gasteiger partial charge in [0.15, 0.2) is 11.6 Å². The molecular weight excluding hydrogens is 398 g/mol. The third kappa shape index (κ3) is 3.23. The largest absolute Gasteiger partial charge is 0.326 e. The molecule has 0 saturated heterocycles. The van der Waals surface area contributed by atoms with E-state index >= 15 is 0 Å². The van der Waals surface area contributed by atoms with Crippen LogP contribution in [0.4, 0.5) is 5.69 Å². The summed E-state index contributed by atoms with van der Waals surface area (Å²) in [6.07, 6.45) is -0.284. The number of ketones is 2. The van der Waals surface area contributed by atoms with E-state index in [1.165, 1.54) is 0 Å². The van der Waals surface area contributed by atoms with Gasteiger partial charge in [-0.1, -0.05) is 54.1 Å². The van der Waals surface area contributed by atoms with Crippen molar-refractivity contribution < 1.29 is 14.4 Å². The second-order valence-corrected chi connectivity index (χ2v) is 8.08. The number of Topliss-reactive ketones (excluding diaryl/α,β-unsaturated/α-hetero) is 2. The maximum atomic E-state index is 13.5. The second-order valence-electron chi connectivity index (χ2n) is 7.64. The number of amides is 1. The van der Waals surface area contributed by atoms with Crippen LogP contribution >= 0.6 is 11.6 Å². The standard InChI is InChI=1S/C25H20ClNO3/c1-15-7-12-19(13-16(15)2)27-22(28)14-25(17-8-10-18(26)11-9-17)23(29)20-5-3-4-6-21(20)24(25)30/h3-13H,14H2,1-2H3,(H,27,28). The molecule has 3 aromatic carbocycles. The predicted octanol–water partition coefficient (Wildman–Crippen LogP) is 5.30. The highest BCUT2D eigenvalue weighted by molar-refractivity contribution is 6.34. The Morgan fingerprint density at radius 1 is 0.867 bits per heavy atom. The highest BCUT2D eigenvalue weighted by atomic mass is 35.5. The first-order chi connectivity index (χ1) is 14.3. The highest BCUT2D eigenvalue weighted by Gasteiger charge is 2.55. The SMILES string of the molecule is Cc1ccc(NC(=O)CC2(c3ccc(Cl)cc3)C(=O)c3ccccc3C2=O)cc1C. The third-order valence-electron chi connectivity index (χ3n) is 5.74.